The monoisotopic (exact) mass is 520 g/mol. The van der Waals surface area contributed by atoms with Crippen LogP contribution in [0.5, 0.6) is 5.75 Å². The Kier molecular flexibility index (Phi) is 7.52. The number of nitrogens with one attached hydrogen (secondary N) is 2. The van der Waals surface area contributed by atoms with Crippen LogP contribution in [-0.4, -0.2) is 20.9 Å². The van der Waals surface area contributed by atoms with Gasteiger partial charge in [-0.15, -0.1) is 0 Å². The third kappa shape index (κ3) is 6.30. The lowest BCUT2D eigenvalue weighted by atomic mass is 10.1. The molecule has 0 aliphatic carbocycles. The van der Waals surface area contributed by atoms with Gasteiger partial charge in [0, 0.05) is 10.2 Å². The molecule has 0 heterocycles. The Morgan fingerprint density at radius 1 is 1.06 bits per heavy atom. The molecule has 9 heteroatoms. The van der Waals surface area contributed by atoms with E-state index in [1.54, 1.807) is 6.92 Å². The van der Waals surface area contributed by atoms with Gasteiger partial charge in [0.15, 0.2) is 6.61 Å². The maximum Gasteiger partial charge on any atom is 0.261 e. The van der Waals surface area contributed by atoms with Gasteiger partial charge in [-0.3, -0.25) is 9.52 Å². The first-order valence-electron chi connectivity index (χ1n) is 9.71. The summed E-state index contributed by atoms with van der Waals surface area (Å²) in [4.78, 5) is 12.3. The van der Waals surface area contributed by atoms with E-state index in [1.165, 1.54) is 42.5 Å². The minimum absolute atomic E-state index is 0.0278. The zero-order valence-corrected chi connectivity index (χ0v) is 19.8. The third-order valence-corrected chi connectivity index (χ3v) is 6.57. The van der Waals surface area contributed by atoms with Gasteiger partial charge in [0.25, 0.3) is 15.9 Å². The third-order valence-electron chi connectivity index (χ3n) is 4.66. The normalized spacial score (nSPS) is 12.1. The molecule has 32 heavy (non-hydrogen) atoms. The molecule has 0 aliphatic rings. The highest BCUT2D eigenvalue weighted by molar-refractivity contribution is 9.10. The van der Waals surface area contributed by atoms with Crippen LogP contribution in [0.25, 0.3) is 0 Å². The molecule has 0 fully saturated rings. The number of benzene rings is 3. The fourth-order valence-electron chi connectivity index (χ4n) is 2.94. The molecule has 0 saturated carbocycles. The van der Waals surface area contributed by atoms with Crippen molar-refractivity contribution < 1.29 is 22.3 Å². The summed E-state index contributed by atoms with van der Waals surface area (Å²) in [6, 6.07) is 16.8. The van der Waals surface area contributed by atoms with Crippen LogP contribution in [0.3, 0.4) is 0 Å². The van der Waals surface area contributed by atoms with Crippen molar-refractivity contribution in [1.82, 2.24) is 5.32 Å². The number of rotatable bonds is 8. The van der Waals surface area contributed by atoms with Crippen molar-refractivity contribution in [3.05, 3.63) is 88.1 Å². The van der Waals surface area contributed by atoms with Gasteiger partial charge in [-0.2, -0.15) is 0 Å². The van der Waals surface area contributed by atoms with Crippen LogP contribution in [0.15, 0.2) is 76.1 Å². The highest BCUT2D eigenvalue weighted by atomic mass is 79.9. The number of hydrogen-bond donors (Lipinski definition) is 2. The first-order chi connectivity index (χ1) is 15.1. The number of carbonyl (C=O) groups excluding carboxylic acids is 1. The Labute approximate surface area is 195 Å². The zero-order valence-electron chi connectivity index (χ0n) is 17.4. The van der Waals surface area contributed by atoms with Crippen LogP contribution in [0.4, 0.5) is 10.1 Å². The summed E-state index contributed by atoms with van der Waals surface area (Å²) in [5.74, 6) is -0.354. The summed E-state index contributed by atoms with van der Waals surface area (Å²) in [5.41, 5.74) is 1.77. The Morgan fingerprint density at radius 2 is 1.72 bits per heavy atom. The van der Waals surface area contributed by atoms with Crippen molar-refractivity contribution in [3.63, 3.8) is 0 Å². The quantitative estimate of drug-likeness (QED) is 0.439. The molecule has 1 atom stereocenters. The van der Waals surface area contributed by atoms with Gasteiger partial charge >= 0.3 is 0 Å². The van der Waals surface area contributed by atoms with Crippen LogP contribution in [-0.2, 0) is 14.8 Å². The molecule has 168 valence electrons. The Balaban J connectivity index is 1.60. The van der Waals surface area contributed by atoms with Gasteiger partial charge in [0.2, 0.25) is 0 Å². The molecule has 0 bridgehead atoms. The highest BCUT2D eigenvalue weighted by Gasteiger charge is 2.17. The maximum absolute atomic E-state index is 13.0. The average Bonchev–Trinajstić information content (AvgIpc) is 2.74. The minimum atomic E-state index is -3.86. The van der Waals surface area contributed by atoms with Crippen molar-refractivity contribution in [2.45, 2.75) is 24.8 Å². The van der Waals surface area contributed by atoms with E-state index < -0.39 is 15.8 Å². The van der Waals surface area contributed by atoms with E-state index in [-0.39, 0.29) is 29.1 Å². The minimum Gasteiger partial charge on any atom is -0.484 e. The lowest BCUT2D eigenvalue weighted by Crippen LogP contribution is -2.31. The molecule has 0 aromatic heterocycles. The van der Waals surface area contributed by atoms with Crippen molar-refractivity contribution in [2.24, 2.45) is 0 Å². The maximum atomic E-state index is 13.0. The summed E-state index contributed by atoms with van der Waals surface area (Å²) in [7, 11) is -3.86. The molecule has 6 nitrogen and oxygen atoms in total. The summed E-state index contributed by atoms with van der Waals surface area (Å²) in [6.07, 6.45) is 0. The van der Waals surface area contributed by atoms with E-state index in [1.807, 2.05) is 31.2 Å². The van der Waals surface area contributed by atoms with E-state index in [4.69, 9.17) is 4.74 Å². The Bertz CT molecular complexity index is 1200. The van der Waals surface area contributed by atoms with Crippen LogP contribution >= 0.6 is 15.9 Å². The van der Waals surface area contributed by atoms with Crippen LogP contribution in [0.2, 0.25) is 0 Å². The van der Waals surface area contributed by atoms with Crippen LogP contribution in [0.1, 0.15) is 24.1 Å². The number of amides is 1. The predicted octanol–water partition coefficient (Wildman–Crippen LogP) is 4.95. The molecule has 1 amide bonds. The van der Waals surface area contributed by atoms with Gasteiger partial charge in [-0.1, -0.05) is 28.1 Å². The molecule has 3 rings (SSSR count). The van der Waals surface area contributed by atoms with Crippen molar-refractivity contribution in [2.75, 3.05) is 11.3 Å². The van der Waals surface area contributed by atoms with Gasteiger partial charge < -0.3 is 10.1 Å². The van der Waals surface area contributed by atoms with E-state index in [0.717, 1.165) is 10.0 Å². The SMILES string of the molecule is Cc1cc(S(=O)(=O)Nc2ccc(F)cc2)ccc1OCC(=O)N[C@@H](C)c1ccc(Br)cc1. The highest BCUT2D eigenvalue weighted by Crippen LogP contribution is 2.24. The fraction of sp³-hybridized carbons (Fsp3) is 0.174. The van der Waals surface area contributed by atoms with Gasteiger partial charge in [-0.05, 0) is 79.6 Å². The van der Waals surface area contributed by atoms with Crippen molar-refractivity contribution >= 4 is 37.5 Å². The molecule has 3 aromatic rings. The van der Waals surface area contributed by atoms with Crippen LogP contribution in [0, 0.1) is 12.7 Å². The molecule has 0 aliphatic heterocycles. The summed E-state index contributed by atoms with van der Waals surface area (Å²) >= 11 is 3.38. The summed E-state index contributed by atoms with van der Waals surface area (Å²) in [5, 5.41) is 2.86. The Morgan fingerprint density at radius 3 is 2.34 bits per heavy atom. The molecule has 2 N–H and O–H groups in total. The van der Waals surface area contributed by atoms with Crippen LogP contribution < -0.4 is 14.8 Å². The second-order valence-corrected chi connectivity index (χ2v) is 9.77. The standard InChI is InChI=1S/C23H22BrFN2O4S/c1-15-13-21(32(29,30)27-20-9-7-19(25)8-10-20)11-12-22(15)31-14-23(28)26-16(2)17-3-5-18(24)6-4-17/h3-13,16,27H,14H2,1-2H3,(H,26,28)/t16-/m0/s1. The predicted molar refractivity (Wildman–Crippen MR) is 125 cm³/mol. The second-order valence-electron chi connectivity index (χ2n) is 7.17. The number of anilines is 1. The number of halogens is 2. The van der Waals surface area contributed by atoms with Gasteiger partial charge in [0.05, 0.1) is 10.9 Å². The first kappa shape index (κ1) is 23.7. The molecular weight excluding hydrogens is 499 g/mol. The van der Waals surface area contributed by atoms with Crippen molar-refractivity contribution in [1.29, 1.82) is 0 Å². The second kappa shape index (κ2) is 10.1. The molecular formula is C23H22BrFN2O4S. The van der Waals surface area contributed by atoms with E-state index >= 15 is 0 Å². The summed E-state index contributed by atoms with van der Waals surface area (Å²) < 4.78 is 47.1. The smallest absolute Gasteiger partial charge is 0.261 e. The number of carbonyl (C=O) groups is 1. The van der Waals surface area contributed by atoms with E-state index in [0.29, 0.717) is 11.3 Å². The van der Waals surface area contributed by atoms with E-state index in [2.05, 4.69) is 26.0 Å². The fourth-order valence-corrected chi connectivity index (χ4v) is 4.35. The Hall–Kier alpha value is -2.91. The lowest BCUT2D eigenvalue weighted by Gasteiger charge is -2.16. The molecule has 0 radical (unpaired) electrons. The van der Waals surface area contributed by atoms with E-state index in [9.17, 15) is 17.6 Å². The molecule has 0 spiro atoms. The number of sulfonamides is 1. The molecule has 0 unspecified atom stereocenters. The molecule has 0 saturated heterocycles. The largest absolute Gasteiger partial charge is 0.484 e. The number of ether oxygens (including phenoxy) is 1. The zero-order chi connectivity index (χ0) is 23.3. The summed E-state index contributed by atoms with van der Waals surface area (Å²) in [6.45, 7) is 3.36. The van der Waals surface area contributed by atoms with Gasteiger partial charge in [-0.25, -0.2) is 12.8 Å². The number of hydrogen-bond acceptors (Lipinski definition) is 4. The average molecular weight is 521 g/mol. The topological polar surface area (TPSA) is 84.5 Å². The van der Waals surface area contributed by atoms with Crippen molar-refractivity contribution in [3.8, 4) is 5.75 Å². The first-order valence-corrected chi connectivity index (χ1v) is 12.0. The number of aryl methyl sites for hydroxylation is 1. The van der Waals surface area contributed by atoms with Gasteiger partial charge in [0.1, 0.15) is 11.6 Å². The molecule has 3 aromatic carbocycles. The lowest BCUT2D eigenvalue weighted by molar-refractivity contribution is -0.123.